The summed E-state index contributed by atoms with van der Waals surface area (Å²) in [7, 11) is 0. The van der Waals surface area contributed by atoms with Crippen LogP contribution in [0.4, 0.5) is 0 Å². The number of nitrogens with one attached hydrogen (secondary N) is 1. The number of carbonyl (C=O) groups is 1. The third kappa shape index (κ3) is 3.33. The summed E-state index contributed by atoms with van der Waals surface area (Å²) in [5.74, 6) is 0.0241. The largest absolute Gasteiger partial charge is 0.332 e. The van der Waals surface area contributed by atoms with Crippen LogP contribution >= 0.6 is 35.6 Å². The number of carbonyl (C=O) groups excluding carboxylic acids is 1. The molecule has 0 radical (unpaired) electrons. The van der Waals surface area contributed by atoms with E-state index in [0.717, 1.165) is 49.3 Å². The van der Waals surface area contributed by atoms with E-state index in [1.807, 2.05) is 15.6 Å². The smallest absolute Gasteiger partial charge is 0.274 e. The Labute approximate surface area is 169 Å². The van der Waals surface area contributed by atoms with Gasteiger partial charge in [0.2, 0.25) is 0 Å². The molecule has 0 unspecified atom stereocenters. The minimum absolute atomic E-state index is 0. The van der Waals surface area contributed by atoms with Crippen LogP contribution in [0.15, 0.2) is 18.2 Å². The third-order valence-corrected chi connectivity index (χ3v) is 5.57. The van der Waals surface area contributed by atoms with E-state index in [0.29, 0.717) is 22.3 Å². The normalized spacial score (nSPS) is 19.2. The van der Waals surface area contributed by atoms with E-state index in [9.17, 15) is 4.79 Å². The van der Waals surface area contributed by atoms with Gasteiger partial charge < -0.3 is 10.2 Å². The van der Waals surface area contributed by atoms with E-state index in [4.69, 9.17) is 23.2 Å². The summed E-state index contributed by atoms with van der Waals surface area (Å²) in [4.78, 5) is 15.0. The van der Waals surface area contributed by atoms with Crippen molar-refractivity contribution >= 4 is 41.5 Å². The zero-order valence-corrected chi connectivity index (χ0v) is 16.8. The quantitative estimate of drug-likeness (QED) is 0.816. The summed E-state index contributed by atoms with van der Waals surface area (Å²) >= 11 is 12.4. The predicted molar refractivity (Wildman–Crippen MR) is 106 cm³/mol. The number of benzene rings is 1. The van der Waals surface area contributed by atoms with E-state index in [1.54, 1.807) is 12.1 Å². The first-order chi connectivity index (χ1) is 12.1. The van der Waals surface area contributed by atoms with Crippen molar-refractivity contribution in [3.8, 4) is 5.69 Å². The second-order valence-electron chi connectivity index (χ2n) is 6.69. The average Bonchev–Trinajstić information content (AvgIpc) is 3.18. The lowest BCUT2D eigenvalue weighted by atomic mass is 10.1. The van der Waals surface area contributed by atoms with Gasteiger partial charge in [-0.1, -0.05) is 23.2 Å². The molecule has 0 saturated carbocycles. The molecule has 1 aliphatic carbocycles. The van der Waals surface area contributed by atoms with E-state index >= 15 is 0 Å². The van der Waals surface area contributed by atoms with Gasteiger partial charge in [0.25, 0.3) is 5.91 Å². The van der Waals surface area contributed by atoms with Crippen LogP contribution in [0, 0.1) is 0 Å². The van der Waals surface area contributed by atoms with E-state index in [1.165, 1.54) is 0 Å². The molecule has 1 atom stereocenters. The SMILES string of the molecule is C[C@@H]1CNCCN1C(=O)c1nn(-c2ccc(Cl)cc2Cl)c2c1CCC2.Cl. The summed E-state index contributed by atoms with van der Waals surface area (Å²) < 4.78 is 1.83. The van der Waals surface area contributed by atoms with Gasteiger partial charge in [0.15, 0.2) is 5.69 Å². The van der Waals surface area contributed by atoms with Crippen molar-refractivity contribution in [1.29, 1.82) is 0 Å². The molecule has 1 aromatic carbocycles. The zero-order chi connectivity index (χ0) is 17.6. The standard InChI is InChI=1S/C18H20Cl2N4O.ClH/c1-11-10-21-7-8-23(11)18(25)17-13-3-2-4-15(13)24(22-17)16-6-5-12(19)9-14(16)20;/h5-6,9,11,21H,2-4,7-8,10H2,1H3;1H/t11-;/m1./s1. The van der Waals surface area contributed by atoms with Gasteiger partial charge in [-0.05, 0) is 44.4 Å². The highest BCUT2D eigenvalue weighted by Gasteiger charge is 2.32. The van der Waals surface area contributed by atoms with Crippen LogP contribution in [0.2, 0.25) is 10.0 Å². The maximum absolute atomic E-state index is 13.1. The molecular weight excluding hydrogens is 395 g/mol. The van der Waals surface area contributed by atoms with E-state index in [-0.39, 0.29) is 24.4 Å². The third-order valence-electron chi connectivity index (χ3n) is 5.03. The van der Waals surface area contributed by atoms with Crippen LogP contribution in [0.5, 0.6) is 0 Å². The predicted octanol–water partition coefficient (Wildman–Crippen LogP) is 3.52. The number of nitrogens with zero attached hydrogens (tertiary/aromatic N) is 3. The van der Waals surface area contributed by atoms with Gasteiger partial charge in [0.1, 0.15) is 0 Å². The number of aromatic nitrogens is 2. The summed E-state index contributed by atoms with van der Waals surface area (Å²) in [5.41, 5.74) is 3.51. The summed E-state index contributed by atoms with van der Waals surface area (Å²) in [6.45, 7) is 4.42. The number of piperazine rings is 1. The van der Waals surface area contributed by atoms with E-state index in [2.05, 4.69) is 17.3 Å². The average molecular weight is 416 g/mol. The molecule has 2 aromatic rings. The molecule has 140 valence electrons. The number of amides is 1. The van der Waals surface area contributed by atoms with Crippen LogP contribution < -0.4 is 5.32 Å². The number of halogens is 3. The molecule has 4 rings (SSSR count). The molecule has 1 amide bonds. The molecule has 0 bridgehead atoms. The van der Waals surface area contributed by atoms with E-state index < -0.39 is 0 Å². The Bertz CT molecular complexity index is 836. The minimum atomic E-state index is 0. The Morgan fingerprint density at radius 3 is 2.85 bits per heavy atom. The Balaban J connectivity index is 0.00000196. The fraction of sp³-hybridized carbons (Fsp3) is 0.444. The molecular formula is C18H21Cl3N4O. The lowest BCUT2D eigenvalue weighted by Crippen LogP contribution is -2.52. The lowest BCUT2D eigenvalue weighted by molar-refractivity contribution is 0.0648. The molecule has 1 aliphatic heterocycles. The fourth-order valence-electron chi connectivity index (χ4n) is 3.74. The van der Waals surface area contributed by atoms with Crippen molar-refractivity contribution in [2.24, 2.45) is 0 Å². The molecule has 2 heterocycles. The molecule has 1 fully saturated rings. The maximum Gasteiger partial charge on any atom is 0.274 e. The topological polar surface area (TPSA) is 50.2 Å². The molecule has 26 heavy (non-hydrogen) atoms. The van der Waals surface area contributed by atoms with Crippen LogP contribution in [0.25, 0.3) is 5.69 Å². The molecule has 5 nitrogen and oxygen atoms in total. The number of fused-ring (bicyclic) bond motifs is 1. The minimum Gasteiger partial charge on any atom is -0.332 e. The molecule has 8 heteroatoms. The van der Waals surface area contributed by atoms with Gasteiger partial charge in [-0.25, -0.2) is 4.68 Å². The maximum atomic E-state index is 13.1. The molecule has 2 aliphatic rings. The fourth-order valence-corrected chi connectivity index (χ4v) is 4.23. The second kappa shape index (κ2) is 7.77. The van der Waals surface area contributed by atoms with Crippen molar-refractivity contribution in [3.05, 3.63) is 45.2 Å². The first-order valence-corrected chi connectivity index (χ1v) is 9.39. The molecule has 0 spiro atoms. The summed E-state index contributed by atoms with van der Waals surface area (Å²) in [5, 5.41) is 9.12. The first kappa shape index (κ1) is 19.5. The van der Waals surface area contributed by atoms with Crippen molar-refractivity contribution in [2.75, 3.05) is 19.6 Å². The van der Waals surface area contributed by atoms with Gasteiger partial charge in [-0.3, -0.25) is 4.79 Å². The highest BCUT2D eigenvalue weighted by molar-refractivity contribution is 6.35. The Morgan fingerprint density at radius 2 is 2.12 bits per heavy atom. The molecule has 1 saturated heterocycles. The summed E-state index contributed by atoms with van der Waals surface area (Å²) in [6.07, 6.45) is 2.84. The number of rotatable bonds is 2. The van der Waals surface area contributed by atoms with Crippen LogP contribution in [0.1, 0.15) is 35.1 Å². The monoisotopic (exact) mass is 414 g/mol. The Kier molecular flexibility index (Phi) is 5.82. The highest BCUT2D eigenvalue weighted by Crippen LogP contribution is 2.32. The first-order valence-electron chi connectivity index (χ1n) is 8.64. The zero-order valence-electron chi connectivity index (χ0n) is 14.5. The van der Waals surface area contributed by atoms with Crippen LogP contribution in [0.3, 0.4) is 0 Å². The van der Waals surface area contributed by atoms with Gasteiger partial charge in [-0.15, -0.1) is 12.4 Å². The highest BCUT2D eigenvalue weighted by atomic mass is 35.5. The Hall–Kier alpha value is -1.27. The van der Waals surface area contributed by atoms with Gasteiger partial charge in [0, 0.05) is 42.0 Å². The second-order valence-corrected chi connectivity index (χ2v) is 7.53. The summed E-state index contributed by atoms with van der Waals surface area (Å²) in [6, 6.07) is 5.54. The Morgan fingerprint density at radius 1 is 1.31 bits per heavy atom. The number of hydrogen-bond acceptors (Lipinski definition) is 3. The number of hydrogen-bond donors (Lipinski definition) is 1. The van der Waals surface area contributed by atoms with Crippen molar-refractivity contribution in [2.45, 2.75) is 32.2 Å². The van der Waals surface area contributed by atoms with Gasteiger partial charge >= 0.3 is 0 Å². The molecule has 1 N–H and O–H groups in total. The molecule has 1 aromatic heterocycles. The van der Waals surface area contributed by atoms with Crippen molar-refractivity contribution < 1.29 is 4.79 Å². The van der Waals surface area contributed by atoms with Crippen LogP contribution in [-0.2, 0) is 12.8 Å². The van der Waals surface area contributed by atoms with Crippen molar-refractivity contribution in [3.63, 3.8) is 0 Å². The van der Waals surface area contributed by atoms with Gasteiger partial charge in [-0.2, -0.15) is 5.10 Å². The lowest BCUT2D eigenvalue weighted by Gasteiger charge is -2.33. The van der Waals surface area contributed by atoms with Crippen molar-refractivity contribution in [1.82, 2.24) is 20.0 Å². The van der Waals surface area contributed by atoms with Gasteiger partial charge in [0.05, 0.1) is 10.7 Å². The van der Waals surface area contributed by atoms with Crippen LogP contribution in [-0.4, -0.2) is 46.3 Å².